The third-order valence-electron chi connectivity index (χ3n) is 4.48. The van der Waals surface area contributed by atoms with Crippen LogP contribution in [0.5, 0.6) is 11.5 Å². The van der Waals surface area contributed by atoms with Crippen LogP contribution in [0.1, 0.15) is 12.0 Å². The molecule has 0 unspecified atom stereocenters. The summed E-state index contributed by atoms with van der Waals surface area (Å²) in [5.41, 5.74) is 0.810. The Morgan fingerprint density at radius 3 is 2.79 bits per heavy atom. The molecule has 0 saturated heterocycles. The number of carbonyl (C=O) groups excluding carboxylic acids is 2. The molecule has 0 saturated carbocycles. The van der Waals surface area contributed by atoms with E-state index in [0.29, 0.717) is 33.7 Å². The van der Waals surface area contributed by atoms with Gasteiger partial charge in [-0.2, -0.15) is 0 Å². The van der Waals surface area contributed by atoms with Crippen LogP contribution in [0.2, 0.25) is 0 Å². The lowest BCUT2D eigenvalue weighted by Gasteiger charge is -2.25. The molecule has 0 aliphatic carbocycles. The fourth-order valence-corrected chi connectivity index (χ4v) is 3.05. The predicted molar refractivity (Wildman–Crippen MR) is 103 cm³/mol. The highest BCUT2D eigenvalue weighted by Gasteiger charge is 2.30. The van der Waals surface area contributed by atoms with Crippen LogP contribution < -0.4 is 20.4 Å². The maximum atomic E-state index is 12.3. The number of hydrogen-bond donors (Lipinski definition) is 1. The molecule has 2 aromatic carbocycles. The van der Waals surface area contributed by atoms with E-state index in [1.165, 1.54) is 13.2 Å². The first kappa shape index (κ1) is 18.5. The number of hydrogen-bond acceptors (Lipinski definition) is 7. The number of anilines is 1. The van der Waals surface area contributed by atoms with Crippen LogP contribution in [0.25, 0.3) is 11.0 Å². The van der Waals surface area contributed by atoms with Crippen LogP contribution in [0.3, 0.4) is 0 Å². The summed E-state index contributed by atoms with van der Waals surface area (Å²) < 4.78 is 21.2. The number of benzene rings is 2. The number of carbonyl (C=O) groups is 2. The molecule has 148 valence electrons. The van der Waals surface area contributed by atoms with Gasteiger partial charge < -0.3 is 23.9 Å². The van der Waals surface area contributed by atoms with Crippen molar-refractivity contribution in [2.24, 2.45) is 0 Å². The molecule has 1 aliphatic rings. The van der Waals surface area contributed by atoms with E-state index in [-0.39, 0.29) is 13.0 Å². The number of esters is 1. The molecule has 4 rings (SSSR count). The second-order valence-electron chi connectivity index (χ2n) is 6.41. The van der Waals surface area contributed by atoms with Gasteiger partial charge in [0.05, 0.1) is 19.2 Å². The van der Waals surface area contributed by atoms with Crippen molar-refractivity contribution >= 4 is 28.5 Å². The molecule has 3 aromatic rings. The molecule has 2 heterocycles. The topological polar surface area (TPSA) is 104 Å². The first-order valence-electron chi connectivity index (χ1n) is 8.86. The summed E-state index contributed by atoms with van der Waals surface area (Å²) in [7, 11) is 1.51. The van der Waals surface area contributed by atoms with Crippen molar-refractivity contribution in [3.63, 3.8) is 0 Å². The van der Waals surface area contributed by atoms with E-state index in [4.69, 9.17) is 18.6 Å². The van der Waals surface area contributed by atoms with E-state index < -0.39 is 23.6 Å². The number of amides is 1. The van der Waals surface area contributed by atoms with Gasteiger partial charge in [0, 0.05) is 23.1 Å². The predicted octanol–water partition coefficient (Wildman–Crippen LogP) is 2.63. The largest absolute Gasteiger partial charge is 0.497 e. The van der Waals surface area contributed by atoms with Gasteiger partial charge in [-0.05, 0) is 24.3 Å². The van der Waals surface area contributed by atoms with Crippen molar-refractivity contribution in [3.8, 4) is 11.5 Å². The van der Waals surface area contributed by atoms with E-state index in [2.05, 4.69) is 5.32 Å². The minimum atomic E-state index is -0.987. The quantitative estimate of drug-likeness (QED) is 0.523. The van der Waals surface area contributed by atoms with E-state index in [0.717, 1.165) is 0 Å². The lowest BCUT2D eigenvalue weighted by Crippen LogP contribution is -2.38. The normalized spacial score (nSPS) is 15.2. The number of fused-ring (bicyclic) bond motifs is 2. The summed E-state index contributed by atoms with van der Waals surface area (Å²) in [5.74, 6) is -0.0148. The molecule has 1 aliphatic heterocycles. The molecule has 1 aromatic heterocycles. The summed E-state index contributed by atoms with van der Waals surface area (Å²) in [6.45, 7) is -0.141. The van der Waals surface area contributed by atoms with E-state index >= 15 is 0 Å². The first-order valence-corrected chi connectivity index (χ1v) is 8.86. The molecule has 29 heavy (non-hydrogen) atoms. The average Bonchev–Trinajstić information content (AvgIpc) is 2.72. The molecule has 0 radical (unpaired) electrons. The zero-order valence-corrected chi connectivity index (χ0v) is 15.5. The van der Waals surface area contributed by atoms with Crippen molar-refractivity contribution in [1.82, 2.24) is 0 Å². The molecule has 1 amide bonds. The van der Waals surface area contributed by atoms with Gasteiger partial charge in [-0.15, -0.1) is 0 Å². The van der Waals surface area contributed by atoms with Gasteiger partial charge in [0.1, 0.15) is 23.7 Å². The van der Waals surface area contributed by atoms with E-state index in [1.807, 2.05) is 0 Å². The minimum Gasteiger partial charge on any atom is -0.497 e. The van der Waals surface area contributed by atoms with Gasteiger partial charge >= 0.3 is 11.6 Å². The fourth-order valence-electron chi connectivity index (χ4n) is 3.05. The molecule has 8 heteroatoms. The third kappa shape index (κ3) is 3.91. The fraction of sp³-hybridized carbons (Fsp3) is 0.190. The molecule has 0 spiro atoms. The third-order valence-corrected chi connectivity index (χ3v) is 4.48. The lowest BCUT2D eigenvalue weighted by atomic mass is 10.1. The minimum absolute atomic E-state index is 0.141. The summed E-state index contributed by atoms with van der Waals surface area (Å²) in [6, 6.07) is 13.2. The Bertz CT molecular complexity index is 1150. The van der Waals surface area contributed by atoms with Crippen LogP contribution >= 0.6 is 0 Å². The van der Waals surface area contributed by atoms with Gasteiger partial charge in [-0.1, -0.05) is 12.1 Å². The smallest absolute Gasteiger partial charge is 0.336 e. The van der Waals surface area contributed by atoms with E-state index in [1.54, 1.807) is 42.5 Å². The number of rotatable bonds is 5. The molecule has 1 atom stereocenters. The Kier molecular flexibility index (Phi) is 4.90. The Labute approximate surface area is 165 Å². The number of nitrogens with one attached hydrogen (secondary N) is 1. The number of methoxy groups -OCH3 is 1. The van der Waals surface area contributed by atoms with Crippen LogP contribution in [0.15, 0.2) is 57.7 Å². The van der Waals surface area contributed by atoms with Crippen molar-refractivity contribution in [3.05, 3.63) is 64.5 Å². The van der Waals surface area contributed by atoms with Gasteiger partial charge in [0.15, 0.2) is 6.10 Å². The van der Waals surface area contributed by atoms with Crippen molar-refractivity contribution < 1.29 is 28.2 Å². The van der Waals surface area contributed by atoms with Crippen LogP contribution in [-0.4, -0.2) is 25.1 Å². The van der Waals surface area contributed by atoms with Gasteiger partial charge in [-0.25, -0.2) is 4.79 Å². The summed E-state index contributed by atoms with van der Waals surface area (Å²) >= 11 is 0. The highest BCUT2D eigenvalue weighted by molar-refractivity contribution is 5.99. The highest BCUT2D eigenvalue weighted by Crippen LogP contribution is 2.30. The SMILES string of the molecule is COc1ccc2c(COC(=O)C[C@@H]3Oc4ccccc4NC3=O)cc(=O)oc2c1. The number of para-hydroxylation sites is 2. The van der Waals surface area contributed by atoms with Crippen molar-refractivity contribution in [2.45, 2.75) is 19.1 Å². The first-order chi connectivity index (χ1) is 14.0. The maximum Gasteiger partial charge on any atom is 0.336 e. The van der Waals surface area contributed by atoms with Gasteiger partial charge in [-0.3, -0.25) is 9.59 Å². The molecule has 0 fully saturated rings. The second-order valence-corrected chi connectivity index (χ2v) is 6.41. The molecule has 0 bridgehead atoms. The monoisotopic (exact) mass is 395 g/mol. The Morgan fingerprint density at radius 1 is 1.14 bits per heavy atom. The summed E-state index contributed by atoms with van der Waals surface area (Å²) in [6.07, 6.45) is -1.24. The zero-order chi connectivity index (χ0) is 20.4. The van der Waals surface area contributed by atoms with Crippen molar-refractivity contribution in [2.75, 3.05) is 12.4 Å². The second kappa shape index (κ2) is 7.67. The standard InChI is InChI=1S/C21H17NO7/c1-26-13-6-7-14-12(8-20(24)29-17(14)9-13)11-27-19(23)10-18-21(25)22-15-4-2-3-5-16(15)28-18/h2-9,18H,10-11H2,1H3,(H,22,25)/t18-/m0/s1. The van der Waals surface area contributed by atoms with Gasteiger partial charge in [0.2, 0.25) is 0 Å². The van der Waals surface area contributed by atoms with Crippen LogP contribution in [-0.2, 0) is 20.9 Å². The lowest BCUT2D eigenvalue weighted by molar-refractivity contribution is -0.149. The molecular weight excluding hydrogens is 378 g/mol. The zero-order valence-electron chi connectivity index (χ0n) is 15.5. The van der Waals surface area contributed by atoms with Crippen LogP contribution in [0, 0.1) is 0 Å². The highest BCUT2D eigenvalue weighted by atomic mass is 16.5. The van der Waals surface area contributed by atoms with E-state index in [9.17, 15) is 14.4 Å². The molecule has 1 N–H and O–H groups in total. The summed E-state index contributed by atoms with van der Waals surface area (Å²) in [5, 5.41) is 3.32. The Hall–Kier alpha value is -3.81. The van der Waals surface area contributed by atoms with Gasteiger partial charge in [0.25, 0.3) is 5.91 Å². The molecule has 8 nitrogen and oxygen atoms in total. The Balaban J connectivity index is 1.45. The number of ether oxygens (including phenoxy) is 3. The Morgan fingerprint density at radius 2 is 1.97 bits per heavy atom. The summed E-state index contributed by atoms with van der Waals surface area (Å²) in [4.78, 5) is 36.2. The molecular formula is C21H17NO7. The van der Waals surface area contributed by atoms with Crippen molar-refractivity contribution in [1.29, 1.82) is 0 Å². The average molecular weight is 395 g/mol. The van der Waals surface area contributed by atoms with Crippen LogP contribution in [0.4, 0.5) is 5.69 Å². The maximum absolute atomic E-state index is 12.3.